The van der Waals surface area contributed by atoms with Crippen molar-refractivity contribution in [3.8, 4) is 5.75 Å². The summed E-state index contributed by atoms with van der Waals surface area (Å²) < 4.78 is 12.0. The number of aromatic nitrogens is 1. The second kappa shape index (κ2) is 16.3. The van der Waals surface area contributed by atoms with Crippen LogP contribution >= 0.6 is 11.6 Å². The van der Waals surface area contributed by atoms with E-state index in [2.05, 4.69) is 49.5 Å². The Hall–Kier alpha value is -4.09. The molecule has 1 aliphatic heterocycles. The van der Waals surface area contributed by atoms with Crippen molar-refractivity contribution in [3.63, 3.8) is 0 Å². The summed E-state index contributed by atoms with van der Waals surface area (Å²) in [7, 11) is -0.647. The first kappa shape index (κ1) is 38.7. The van der Waals surface area contributed by atoms with Crippen LogP contribution in [0.4, 0.5) is 0 Å². The Morgan fingerprint density at radius 2 is 1.76 bits per heavy atom. The Labute approximate surface area is 301 Å². The maximum atomic E-state index is 14.4. The highest BCUT2D eigenvalue weighted by Crippen LogP contribution is 2.40. The van der Waals surface area contributed by atoms with Crippen LogP contribution in [-0.4, -0.2) is 67.6 Å². The van der Waals surface area contributed by atoms with E-state index in [4.69, 9.17) is 20.8 Å². The normalized spacial score (nSPS) is 22.1. The summed E-state index contributed by atoms with van der Waals surface area (Å²) in [5.74, 6) is -1.12. The van der Waals surface area contributed by atoms with Gasteiger partial charge in [-0.3, -0.25) is 19.2 Å². The molecule has 0 unspecified atom stereocenters. The molecule has 3 N–H and O–H groups in total. The van der Waals surface area contributed by atoms with Crippen molar-refractivity contribution in [3.05, 3.63) is 76.5 Å². The van der Waals surface area contributed by atoms with Gasteiger partial charge in [0.1, 0.15) is 17.8 Å². The van der Waals surface area contributed by atoms with Gasteiger partial charge in [-0.25, -0.2) is 0 Å². The summed E-state index contributed by atoms with van der Waals surface area (Å²) in [6, 6.07) is 10.3. The number of likely N-dealkylation sites (N-methyl/N-ethyl adjacent to an activating group) is 1. The molecule has 1 aliphatic rings. The fourth-order valence-electron chi connectivity index (χ4n) is 5.63. The molecule has 2 aromatic carbocycles. The molecule has 0 bridgehead atoms. The van der Waals surface area contributed by atoms with Gasteiger partial charge in [0.2, 0.25) is 17.7 Å². The number of carbonyl (C=O) groups excluding carboxylic acids is 4. The Morgan fingerprint density at radius 3 is 2.46 bits per heavy atom. The zero-order chi connectivity index (χ0) is 36.8. The topological polar surface area (TPSA) is 130 Å². The second-order valence-corrected chi connectivity index (χ2v) is 19.8. The Balaban J connectivity index is 1.72. The number of hydrogen-bond donors (Lipinski definition) is 3. The predicted octanol–water partition coefficient (Wildman–Crippen LogP) is 7.00. The number of nitrogens with zero attached hydrogens (tertiary/aromatic N) is 1. The van der Waals surface area contributed by atoms with Gasteiger partial charge in [0, 0.05) is 37.0 Å². The number of carbonyl (C=O) groups is 4. The third-order valence-electron chi connectivity index (χ3n) is 9.79. The molecule has 3 atom stereocenters. The number of halogens is 1. The number of aromatic amines is 1. The van der Waals surface area contributed by atoms with Gasteiger partial charge in [-0.15, -0.1) is 0 Å². The molecule has 3 aromatic rings. The van der Waals surface area contributed by atoms with Crippen LogP contribution < -0.4 is 15.1 Å². The number of nitrogens with one attached hydrogen (secondary N) is 3. The van der Waals surface area contributed by atoms with Crippen molar-refractivity contribution >= 4 is 54.5 Å². The summed E-state index contributed by atoms with van der Waals surface area (Å²) in [5, 5.41) is 7.08. The molecule has 0 spiro atoms. The minimum absolute atomic E-state index is 0.0504. The lowest BCUT2D eigenvalue weighted by Gasteiger charge is -2.36. The van der Waals surface area contributed by atoms with Crippen LogP contribution in [0.1, 0.15) is 77.5 Å². The van der Waals surface area contributed by atoms with Crippen LogP contribution in [0.3, 0.4) is 0 Å². The minimum Gasteiger partial charge on any atom is -0.543 e. The van der Waals surface area contributed by atoms with Gasteiger partial charge in [-0.2, -0.15) is 0 Å². The van der Waals surface area contributed by atoms with Gasteiger partial charge >= 0.3 is 5.97 Å². The van der Waals surface area contributed by atoms with E-state index < -0.39 is 44.2 Å². The molecule has 0 fully saturated rings. The number of cyclic esters (lactones) is 1. The lowest BCUT2D eigenvalue weighted by atomic mass is 9.99. The van der Waals surface area contributed by atoms with E-state index in [1.165, 1.54) is 4.90 Å². The molecule has 50 heavy (non-hydrogen) atoms. The van der Waals surface area contributed by atoms with Gasteiger partial charge in [0.15, 0.2) is 0 Å². The average Bonchev–Trinajstić information content (AvgIpc) is 3.46. The molecule has 4 rings (SSSR count). The number of para-hydroxylation sites is 1. The average molecular weight is 723 g/mol. The van der Waals surface area contributed by atoms with E-state index >= 15 is 0 Å². The van der Waals surface area contributed by atoms with Gasteiger partial charge in [0.05, 0.1) is 24.1 Å². The monoisotopic (exact) mass is 722 g/mol. The highest BCUT2D eigenvalue weighted by atomic mass is 35.5. The van der Waals surface area contributed by atoms with Crippen molar-refractivity contribution in [1.29, 1.82) is 0 Å². The Kier molecular flexibility index (Phi) is 12.6. The molecular weight excluding hydrogens is 672 g/mol. The molecular formula is C38H51ClN4O6Si. The fourth-order valence-corrected chi connectivity index (χ4v) is 6.96. The van der Waals surface area contributed by atoms with Crippen LogP contribution in [0.25, 0.3) is 10.9 Å². The highest BCUT2D eigenvalue weighted by Gasteiger charge is 2.39. The first-order chi connectivity index (χ1) is 23.5. The zero-order valence-corrected chi connectivity index (χ0v) is 32.2. The van der Waals surface area contributed by atoms with E-state index in [1.807, 2.05) is 43.5 Å². The molecule has 0 saturated heterocycles. The maximum absolute atomic E-state index is 14.4. The van der Waals surface area contributed by atoms with Crippen molar-refractivity contribution in [2.24, 2.45) is 0 Å². The molecule has 0 radical (unpaired) electrons. The van der Waals surface area contributed by atoms with Crippen LogP contribution in [-0.2, 0) is 30.3 Å². The van der Waals surface area contributed by atoms with E-state index in [0.29, 0.717) is 29.2 Å². The quantitative estimate of drug-likeness (QED) is 0.148. The lowest BCUT2D eigenvalue weighted by molar-refractivity contribution is -0.145. The number of amides is 3. The second-order valence-electron chi connectivity index (χ2n) is 14.7. The number of benzene rings is 2. The molecule has 1 aromatic heterocycles. The first-order valence-corrected chi connectivity index (χ1v) is 20.5. The highest BCUT2D eigenvalue weighted by molar-refractivity contribution is 6.74. The van der Waals surface area contributed by atoms with E-state index in [9.17, 15) is 19.2 Å². The maximum Gasteiger partial charge on any atom is 0.308 e. The summed E-state index contributed by atoms with van der Waals surface area (Å²) in [4.78, 5) is 58.7. The third kappa shape index (κ3) is 9.78. The van der Waals surface area contributed by atoms with Gasteiger partial charge in [-0.1, -0.05) is 68.3 Å². The largest absolute Gasteiger partial charge is 0.543 e. The molecule has 12 heteroatoms. The summed E-state index contributed by atoms with van der Waals surface area (Å²) in [6.07, 6.45) is 4.97. The van der Waals surface area contributed by atoms with Crippen LogP contribution in [0.5, 0.6) is 5.75 Å². The van der Waals surface area contributed by atoms with Crippen LogP contribution in [0.15, 0.2) is 60.3 Å². The van der Waals surface area contributed by atoms with Crippen molar-refractivity contribution in [1.82, 2.24) is 20.5 Å². The van der Waals surface area contributed by atoms with Crippen molar-refractivity contribution < 1.29 is 28.3 Å². The van der Waals surface area contributed by atoms with Gasteiger partial charge in [0.25, 0.3) is 8.32 Å². The Morgan fingerprint density at radius 1 is 1.04 bits per heavy atom. The zero-order valence-electron chi connectivity index (χ0n) is 30.4. The number of allylic oxidation sites excluding steroid dienone is 1. The first-order valence-electron chi connectivity index (χ1n) is 17.2. The number of ether oxygens (including phenoxy) is 1. The minimum atomic E-state index is -2.21. The molecule has 10 nitrogen and oxygen atoms in total. The van der Waals surface area contributed by atoms with Crippen molar-refractivity contribution in [2.75, 3.05) is 13.7 Å². The predicted molar refractivity (Wildman–Crippen MR) is 200 cm³/mol. The van der Waals surface area contributed by atoms with Crippen molar-refractivity contribution in [2.45, 2.75) is 103 Å². The summed E-state index contributed by atoms with van der Waals surface area (Å²) >= 11 is 6.79. The van der Waals surface area contributed by atoms with Crippen LogP contribution in [0.2, 0.25) is 23.2 Å². The molecule has 270 valence electrons. The fraction of sp³-hybridized carbons (Fsp3) is 0.474. The molecule has 2 heterocycles. The summed E-state index contributed by atoms with van der Waals surface area (Å²) in [6.45, 7) is 14.4. The molecule has 0 saturated carbocycles. The van der Waals surface area contributed by atoms with E-state index in [1.54, 1.807) is 32.2 Å². The molecule has 0 aliphatic carbocycles. The van der Waals surface area contributed by atoms with E-state index in [-0.39, 0.29) is 36.8 Å². The third-order valence-corrected chi connectivity index (χ3v) is 14.4. The number of fused-ring (bicyclic) bond motifs is 1. The number of H-pyrrole nitrogens is 1. The number of hydrogen-bond acceptors (Lipinski definition) is 6. The van der Waals surface area contributed by atoms with Gasteiger partial charge < -0.3 is 29.7 Å². The number of rotatable bonds is 5. The standard InChI is InChI=1S/C38H51ClN4O6Si/c1-24-12-11-19-48-35(45)22-31(26-16-17-33(29(39)20-26)49-50(7,8)38(3,4)5)42-36(46)32(21-27-23-40-30-14-10-9-13-28(27)30)43(6)37(47)25(2)41-34(44)18-15-24/h9-10,12-14,16-17,20,23,25,31-32,40H,11,15,18-19,21-22H2,1-8H3,(H,41,44)(H,42,46)/b24-12-/t25-,31+,32+/m0/s1. The summed E-state index contributed by atoms with van der Waals surface area (Å²) in [5.41, 5.74) is 3.31. The van der Waals surface area contributed by atoms with E-state index in [0.717, 1.165) is 22.0 Å². The number of esters is 1. The SMILES string of the molecule is C/C1=C/CCOC(=O)C[C@H](c2ccc(O[Si](C)(C)C(C)(C)C)c(Cl)c2)NC(=O)[C@@H](Cc2c[nH]c3ccccc23)N(C)C(=O)[C@H](C)NC(=O)CC1. The van der Waals surface area contributed by atoms with Gasteiger partial charge in [-0.05, 0) is 74.1 Å². The van der Waals surface area contributed by atoms with Crippen LogP contribution in [0, 0.1) is 0 Å². The Bertz CT molecular complexity index is 1750. The lowest BCUT2D eigenvalue weighted by Crippen LogP contribution is -2.54. The smallest absolute Gasteiger partial charge is 0.308 e. The molecule has 3 amide bonds.